The molecule has 1 aliphatic heterocycles. The van der Waals surface area contributed by atoms with Crippen LogP contribution < -0.4 is 4.74 Å². The van der Waals surface area contributed by atoms with Gasteiger partial charge in [0.15, 0.2) is 0 Å². The zero-order chi connectivity index (χ0) is 12.8. The van der Waals surface area contributed by atoms with Crippen molar-refractivity contribution in [1.29, 1.82) is 0 Å². The van der Waals surface area contributed by atoms with E-state index >= 15 is 0 Å². The van der Waals surface area contributed by atoms with Crippen molar-refractivity contribution in [3.63, 3.8) is 0 Å². The summed E-state index contributed by atoms with van der Waals surface area (Å²) in [6.45, 7) is 8.46. The van der Waals surface area contributed by atoms with Crippen LogP contribution in [-0.2, 0) is 0 Å². The molecule has 0 unspecified atom stereocenters. The normalized spacial score (nSPS) is 17.9. The van der Waals surface area contributed by atoms with Crippen LogP contribution in [0.1, 0.15) is 12.1 Å². The summed E-state index contributed by atoms with van der Waals surface area (Å²) in [5.41, 5.74) is 0.944. The van der Waals surface area contributed by atoms with Crippen molar-refractivity contribution in [1.82, 2.24) is 19.8 Å². The molecule has 0 bridgehead atoms. The Morgan fingerprint density at radius 1 is 1.22 bits per heavy atom. The van der Waals surface area contributed by atoms with Gasteiger partial charge in [0, 0.05) is 44.5 Å². The molecule has 5 heteroatoms. The number of hydrogen-bond donors (Lipinski definition) is 0. The third kappa shape index (κ3) is 4.23. The second kappa shape index (κ2) is 6.66. The molecule has 0 radical (unpaired) electrons. The quantitative estimate of drug-likeness (QED) is 0.723. The van der Waals surface area contributed by atoms with Crippen molar-refractivity contribution < 1.29 is 4.74 Å². The number of hydrogen-bond acceptors (Lipinski definition) is 5. The summed E-state index contributed by atoms with van der Waals surface area (Å²) >= 11 is 0. The molecule has 1 aliphatic rings. The van der Waals surface area contributed by atoms with E-state index in [1.54, 1.807) is 6.33 Å². The van der Waals surface area contributed by atoms with E-state index in [1.165, 1.54) is 26.2 Å². The molecule has 2 heterocycles. The number of nitrogens with zero attached hydrogens (tertiary/aromatic N) is 4. The molecule has 0 N–H and O–H groups in total. The highest BCUT2D eigenvalue weighted by molar-refractivity contribution is 5.11. The molecule has 18 heavy (non-hydrogen) atoms. The summed E-state index contributed by atoms with van der Waals surface area (Å²) in [6, 6.07) is 1.87. The molecule has 0 amide bonds. The Morgan fingerprint density at radius 2 is 2.00 bits per heavy atom. The lowest BCUT2D eigenvalue weighted by molar-refractivity contribution is 0.145. The average molecular weight is 250 g/mol. The van der Waals surface area contributed by atoms with Gasteiger partial charge < -0.3 is 14.5 Å². The number of aromatic nitrogens is 2. The van der Waals surface area contributed by atoms with Crippen molar-refractivity contribution in [2.24, 2.45) is 0 Å². The highest BCUT2D eigenvalue weighted by atomic mass is 16.5. The second-order valence-corrected chi connectivity index (χ2v) is 4.84. The second-order valence-electron chi connectivity index (χ2n) is 4.84. The first-order valence-corrected chi connectivity index (χ1v) is 6.56. The zero-order valence-corrected chi connectivity index (χ0v) is 11.3. The predicted molar refractivity (Wildman–Crippen MR) is 70.8 cm³/mol. The van der Waals surface area contributed by atoms with Crippen LogP contribution in [0.4, 0.5) is 0 Å². The number of piperazine rings is 1. The van der Waals surface area contributed by atoms with Gasteiger partial charge in [0.25, 0.3) is 0 Å². The predicted octanol–water partition coefficient (Wildman–Crippen LogP) is 0.801. The van der Waals surface area contributed by atoms with Gasteiger partial charge in [-0.1, -0.05) is 0 Å². The van der Waals surface area contributed by atoms with Gasteiger partial charge in [-0.3, -0.25) is 0 Å². The van der Waals surface area contributed by atoms with Crippen LogP contribution >= 0.6 is 0 Å². The van der Waals surface area contributed by atoms with Crippen LogP contribution in [0.15, 0.2) is 12.4 Å². The van der Waals surface area contributed by atoms with Crippen LogP contribution in [0.25, 0.3) is 0 Å². The topological polar surface area (TPSA) is 41.5 Å². The van der Waals surface area contributed by atoms with E-state index in [0.717, 1.165) is 25.3 Å². The van der Waals surface area contributed by atoms with Crippen molar-refractivity contribution in [2.45, 2.75) is 13.3 Å². The van der Waals surface area contributed by atoms with E-state index in [2.05, 4.69) is 26.8 Å². The Hall–Kier alpha value is -1.20. The molecule has 0 saturated carbocycles. The Labute approximate surface area is 109 Å². The minimum Gasteiger partial charge on any atom is -0.478 e. The number of ether oxygens (including phenoxy) is 1. The fraction of sp³-hybridized carbons (Fsp3) is 0.692. The zero-order valence-electron chi connectivity index (χ0n) is 11.3. The summed E-state index contributed by atoms with van der Waals surface area (Å²) in [7, 11) is 2.18. The lowest BCUT2D eigenvalue weighted by atomic mass is 10.3. The molecular formula is C13H22N4O. The fourth-order valence-corrected chi connectivity index (χ4v) is 2.05. The van der Waals surface area contributed by atoms with Crippen molar-refractivity contribution in [3.05, 3.63) is 18.1 Å². The molecule has 1 saturated heterocycles. The Morgan fingerprint density at radius 3 is 2.72 bits per heavy atom. The van der Waals surface area contributed by atoms with E-state index in [4.69, 9.17) is 4.74 Å². The SMILES string of the molecule is Cc1cc(OCCCN2CCN(C)CC2)ncn1. The van der Waals surface area contributed by atoms with Crippen molar-refractivity contribution in [2.75, 3.05) is 46.4 Å². The van der Waals surface area contributed by atoms with Gasteiger partial charge in [-0.05, 0) is 20.4 Å². The first-order chi connectivity index (χ1) is 8.74. The summed E-state index contributed by atoms with van der Waals surface area (Å²) in [5.74, 6) is 0.681. The Balaban J connectivity index is 1.61. The maximum absolute atomic E-state index is 5.61. The summed E-state index contributed by atoms with van der Waals surface area (Å²) in [6.07, 6.45) is 2.60. The number of aryl methyl sites for hydroxylation is 1. The highest BCUT2D eigenvalue weighted by Gasteiger charge is 2.12. The summed E-state index contributed by atoms with van der Waals surface area (Å²) < 4.78 is 5.61. The molecular weight excluding hydrogens is 228 g/mol. The van der Waals surface area contributed by atoms with Gasteiger partial charge >= 0.3 is 0 Å². The molecule has 100 valence electrons. The first kappa shape index (κ1) is 13.2. The van der Waals surface area contributed by atoms with Gasteiger partial charge in [0.05, 0.1) is 6.61 Å². The molecule has 1 aromatic heterocycles. The largest absolute Gasteiger partial charge is 0.478 e. The number of likely N-dealkylation sites (N-methyl/N-ethyl adjacent to an activating group) is 1. The third-order valence-electron chi connectivity index (χ3n) is 3.24. The summed E-state index contributed by atoms with van der Waals surface area (Å²) in [4.78, 5) is 13.0. The van der Waals surface area contributed by atoms with E-state index in [-0.39, 0.29) is 0 Å². The van der Waals surface area contributed by atoms with Gasteiger partial charge in [-0.2, -0.15) is 0 Å². The van der Waals surface area contributed by atoms with Crippen LogP contribution in [-0.4, -0.2) is 66.1 Å². The van der Waals surface area contributed by atoms with E-state index < -0.39 is 0 Å². The summed E-state index contributed by atoms with van der Waals surface area (Å²) in [5, 5.41) is 0. The molecule has 0 aliphatic carbocycles. The van der Waals surface area contributed by atoms with Gasteiger partial charge in [0.2, 0.25) is 5.88 Å². The molecule has 0 atom stereocenters. The number of rotatable bonds is 5. The van der Waals surface area contributed by atoms with E-state index in [0.29, 0.717) is 5.88 Å². The van der Waals surface area contributed by atoms with E-state index in [9.17, 15) is 0 Å². The first-order valence-electron chi connectivity index (χ1n) is 6.56. The van der Waals surface area contributed by atoms with Crippen LogP contribution in [0.3, 0.4) is 0 Å². The lowest BCUT2D eigenvalue weighted by Crippen LogP contribution is -2.44. The Bertz CT molecular complexity index is 364. The minimum atomic E-state index is 0.681. The lowest BCUT2D eigenvalue weighted by Gasteiger charge is -2.32. The minimum absolute atomic E-state index is 0.681. The smallest absolute Gasteiger partial charge is 0.216 e. The maximum Gasteiger partial charge on any atom is 0.216 e. The fourth-order valence-electron chi connectivity index (χ4n) is 2.05. The highest BCUT2D eigenvalue weighted by Crippen LogP contribution is 2.06. The molecule has 1 aromatic rings. The van der Waals surface area contributed by atoms with Crippen molar-refractivity contribution in [3.8, 4) is 5.88 Å². The maximum atomic E-state index is 5.61. The van der Waals surface area contributed by atoms with Gasteiger partial charge in [-0.25, -0.2) is 9.97 Å². The molecule has 1 fully saturated rings. The molecule has 5 nitrogen and oxygen atoms in total. The monoisotopic (exact) mass is 250 g/mol. The third-order valence-corrected chi connectivity index (χ3v) is 3.24. The van der Waals surface area contributed by atoms with Crippen LogP contribution in [0, 0.1) is 6.92 Å². The standard InChI is InChI=1S/C13H22N4O/c1-12-10-13(15-11-14-12)18-9-3-4-17-7-5-16(2)6-8-17/h10-11H,3-9H2,1-2H3. The Kier molecular flexibility index (Phi) is 4.90. The van der Waals surface area contributed by atoms with Crippen LogP contribution in [0.2, 0.25) is 0 Å². The van der Waals surface area contributed by atoms with Gasteiger partial charge in [0.1, 0.15) is 6.33 Å². The van der Waals surface area contributed by atoms with Crippen molar-refractivity contribution >= 4 is 0 Å². The molecule has 0 aromatic carbocycles. The average Bonchev–Trinajstić information content (AvgIpc) is 2.37. The molecule has 2 rings (SSSR count). The van der Waals surface area contributed by atoms with Crippen LogP contribution in [0.5, 0.6) is 5.88 Å². The molecule has 0 spiro atoms. The van der Waals surface area contributed by atoms with E-state index in [1.807, 2.05) is 13.0 Å². The van der Waals surface area contributed by atoms with Gasteiger partial charge in [-0.15, -0.1) is 0 Å².